The molecule has 2 saturated heterocycles. The van der Waals surface area contributed by atoms with Crippen molar-refractivity contribution in [3.05, 3.63) is 12.2 Å². The summed E-state index contributed by atoms with van der Waals surface area (Å²) in [6, 6.07) is 0. The molecule has 0 N–H and O–H groups in total. The molecule has 0 aromatic carbocycles. The largest absolute Gasteiger partial charge is 0.463 e. The lowest BCUT2D eigenvalue weighted by Crippen LogP contribution is -2.44. The molecule has 10 nitrogen and oxygen atoms in total. The van der Waals surface area contributed by atoms with E-state index in [1.54, 1.807) is 39.8 Å². The lowest BCUT2D eigenvalue weighted by Gasteiger charge is -2.29. The van der Waals surface area contributed by atoms with E-state index in [9.17, 15) is 24.0 Å². The number of hydrogen-bond donors (Lipinski definition) is 0. The number of amides is 2. The summed E-state index contributed by atoms with van der Waals surface area (Å²) in [4.78, 5) is 64.0. The topological polar surface area (TPSA) is 126 Å². The van der Waals surface area contributed by atoms with Gasteiger partial charge >= 0.3 is 17.9 Å². The molecule has 3 aliphatic heterocycles. The fourth-order valence-electron chi connectivity index (χ4n) is 3.94. The number of likely N-dealkylation sites (tertiary alicyclic amines) is 1. The third kappa shape index (κ3) is 5.80. The highest BCUT2D eigenvalue weighted by molar-refractivity contribution is 9.10. The van der Waals surface area contributed by atoms with Gasteiger partial charge in [0.2, 0.25) is 11.8 Å². The van der Waals surface area contributed by atoms with E-state index in [0.717, 1.165) is 4.90 Å². The highest BCUT2D eigenvalue weighted by Gasteiger charge is 2.60. The van der Waals surface area contributed by atoms with Crippen molar-refractivity contribution in [3.8, 4) is 0 Å². The lowest BCUT2D eigenvalue weighted by atomic mass is 9.85. The smallest absolute Gasteiger partial charge is 0.322 e. The number of carbonyl (C=O) groups excluding carboxylic acids is 5. The first-order chi connectivity index (χ1) is 16.1. The summed E-state index contributed by atoms with van der Waals surface area (Å²) in [6.45, 7) is 6.60. The molecular weight excluding hydrogens is 594 g/mol. The fourth-order valence-corrected chi connectivity index (χ4v) is 4.17. The minimum Gasteiger partial charge on any atom is -0.463 e. The van der Waals surface area contributed by atoms with E-state index >= 15 is 0 Å². The van der Waals surface area contributed by atoms with Gasteiger partial charge in [-0.05, 0) is 34.6 Å². The molecule has 3 heterocycles. The van der Waals surface area contributed by atoms with Crippen LogP contribution in [0.15, 0.2) is 12.2 Å². The average Bonchev–Trinajstić information content (AvgIpc) is 3.44. The van der Waals surface area contributed by atoms with Crippen LogP contribution in [-0.2, 0) is 42.9 Å². The molecule has 1 unspecified atom stereocenters. The molecule has 0 aliphatic carbocycles. The Kier molecular flexibility index (Phi) is 7.88. The van der Waals surface area contributed by atoms with Crippen molar-refractivity contribution in [1.82, 2.24) is 4.90 Å². The molecule has 0 radical (unpaired) electrons. The molecule has 0 spiro atoms. The number of ether oxygens (including phenoxy) is 4. The molecule has 0 aromatic heterocycles. The maximum Gasteiger partial charge on any atom is 0.322 e. The van der Waals surface area contributed by atoms with Crippen LogP contribution in [0.2, 0.25) is 0 Å². The second-order valence-corrected chi connectivity index (χ2v) is 14.1. The van der Waals surface area contributed by atoms with Crippen molar-refractivity contribution < 1.29 is 42.9 Å². The van der Waals surface area contributed by atoms with E-state index in [1.807, 2.05) is 0 Å². The van der Waals surface area contributed by atoms with Gasteiger partial charge in [-0.25, -0.2) is 0 Å². The second-order valence-electron chi connectivity index (χ2n) is 10.1. The number of halogens is 2. The Morgan fingerprint density at radius 2 is 1.26 bits per heavy atom. The number of hydrogen-bond acceptors (Lipinski definition) is 9. The number of imide groups is 1. The first-order valence-electron chi connectivity index (χ1n) is 11.1. The van der Waals surface area contributed by atoms with E-state index in [-0.39, 0.29) is 25.0 Å². The van der Waals surface area contributed by atoms with Gasteiger partial charge < -0.3 is 18.9 Å². The maximum absolute atomic E-state index is 13.0. The molecule has 3 aliphatic rings. The summed E-state index contributed by atoms with van der Waals surface area (Å²) in [7, 11) is 0. The zero-order chi connectivity index (χ0) is 26.3. The van der Waals surface area contributed by atoms with Gasteiger partial charge in [-0.2, -0.15) is 0 Å². The molecule has 3 rings (SSSR count). The minimum absolute atomic E-state index is 0.117. The van der Waals surface area contributed by atoms with Crippen LogP contribution < -0.4 is 0 Å². The maximum atomic E-state index is 13.0. The number of rotatable bonds is 10. The fraction of sp³-hybridized carbons (Fsp3) is 0.696. The Labute approximate surface area is 220 Å². The van der Waals surface area contributed by atoms with E-state index < -0.39 is 69.2 Å². The average molecular weight is 623 g/mol. The third-order valence-electron chi connectivity index (χ3n) is 6.06. The van der Waals surface area contributed by atoms with E-state index in [1.165, 1.54) is 6.92 Å². The van der Waals surface area contributed by atoms with Gasteiger partial charge in [0.1, 0.15) is 33.9 Å². The number of nitrogens with zero attached hydrogens (tertiary/aromatic N) is 1. The summed E-state index contributed by atoms with van der Waals surface area (Å²) < 4.78 is 19.5. The van der Waals surface area contributed by atoms with Gasteiger partial charge in [-0.3, -0.25) is 28.9 Å². The van der Waals surface area contributed by atoms with Crippen LogP contribution in [0.5, 0.6) is 0 Å². The summed E-state index contributed by atoms with van der Waals surface area (Å²) >= 11 is 6.39. The molecule has 12 heteroatoms. The van der Waals surface area contributed by atoms with Crippen molar-refractivity contribution in [2.45, 2.75) is 55.5 Å². The quantitative estimate of drug-likeness (QED) is 0.118. The van der Waals surface area contributed by atoms with Crippen LogP contribution in [-0.4, -0.2) is 81.8 Å². The Bertz CT molecular complexity index is 890. The molecule has 0 aromatic rings. The molecule has 194 valence electrons. The monoisotopic (exact) mass is 621 g/mol. The van der Waals surface area contributed by atoms with Gasteiger partial charge in [-0.15, -0.1) is 0 Å². The van der Waals surface area contributed by atoms with Crippen LogP contribution in [0.25, 0.3) is 0 Å². The van der Waals surface area contributed by atoms with E-state index in [0.29, 0.717) is 0 Å². The standard InChI is InChI=1S/C23H29Br2NO9/c1-21(2,24)18(29)33-10-23(5,11-34-19(30)22(3,4)25)20(31)32-9-8-26-16(27)14-12-6-7-13(35-12)15(14)17(26)28/h6-7,12-15H,8-11H2,1-5H3/t12-,13?,14+,15+/m1/s1. The first-order valence-corrected chi connectivity index (χ1v) is 12.7. The van der Waals surface area contributed by atoms with Crippen LogP contribution in [0.1, 0.15) is 34.6 Å². The van der Waals surface area contributed by atoms with Crippen molar-refractivity contribution in [3.63, 3.8) is 0 Å². The van der Waals surface area contributed by atoms with E-state index in [2.05, 4.69) is 31.9 Å². The number of carbonyl (C=O) groups is 5. The van der Waals surface area contributed by atoms with Gasteiger partial charge in [0.05, 0.1) is 30.6 Å². The number of esters is 3. The molecule has 0 saturated carbocycles. The van der Waals surface area contributed by atoms with Crippen molar-refractivity contribution in [2.75, 3.05) is 26.4 Å². The third-order valence-corrected chi connectivity index (χ3v) is 6.70. The molecule has 2 bridgehead atoms. The van der Waals surface area contributed by atoms with Crippen LogP contribution >= 0.6 is 31.9 Å². The summed E-state index contributed by atoms with van der Waals surface area (Å²) in [5.74, 6) is -3.82. The van der Waals surface area contributed by atoms with Gasteiger partial charge in [0.25, 0.3) is 0 Å². The molecule has 2 amide bonds. The first kappa shape index (κ1) is 27.8. The highest BCUT2D eigenvalue weighted by Crippen LogP contribution is 2.44. The second kappa shape index (κ2) is 9.93. The predicted molar refractivity (Wildman–Crippen MR) is 128 cm³/mol. The zero-order valence-corrected chi connectivity index (χ0v) is 23.3. The summed E-state index contributed by atoms with van der Waals surface area (Å²) in [6.07, 6.45) is 2.77. The Morgan fingerprint density at radius 1 is 0.829 bits per heavy atom. The van der Waals surface area contributed by atoms with Crippen molar-refractivity contribution in [2.24, 2.45) is 17.3 Å². The normalized spacial score (nSPS) is 25.6. The summed E-state index contributed by atoms with van der Waals surface area (Å²) in [5, 5.41) is 0. The molecule has 4 atom stereocenters. The Hall–Kier alpha value is -1.79. The molecular formula is C23H29Br2NO9. The summed E-state index contributed by atoms with van der Waals surface area (Å²) in [5.41, 5.74) is -1.52. The Balaban J connectivity index is 1.61. The van der Waals surface area contributed by atoms with Gasteiger partial charge in [-0.1, -0.05) is 44.0 Å². The number of alkyl halides is 2. The lowest BCUT2D eigenvalue weighted by molar-refractivity contribution is -0.172. The van der Waals surface area contributed by atoms with Gasteiger partial charge in [0, 0.05) is 0 Å². The highest BCUT2D eigenvalue weighted by atomic mass is 79.9. The predicted octanol–water partition coefficient (Wildman–Crippen LogP) is 1.91. The Morgan fingerprint density at radius 3 is 1.66 bits per heavy atom. The van der Waals surface area contributed by atoms with E-state index in [4.69, 9.17) is 18.9 Å². The van der Waals surface area contributed by atoms with Gasteiger partial charge in [0.15, 0.2) is 0 Å². The minimum atomic E-state index is -1.52. The SMILES string of the molecule is CC(C)(Br)C(=O)OCC(C)(COC(=O)C(C)(C)Br)C(=O)OCCN1C(=O)[C@H]2[C@H]3C=CC(O3)[C@@H]2C1=O. The van der Waals surface area contributed by atoms with Crippen molar-refractivity contribution in [1.29, 1.82) is 0 Å². The molecule has 35 heavy (non-hydrogen) atoms. The zero-order valence-electron chi connectivity index (χ0n) is 20.2. The molecule has 2 fully saturated rings. The van der Waals surface area contributed by atoms with Crippen LogP contribution in [0, 0.1) is 17.3 Å². The van der Waals surface area contributed by atoms with Crippen molar-refractivity contribution >= 4 is 61.6 Å². The van der Waals surface area contributed by atoms with Crippen LogP contribution in [0.3, 0.4) is 0 Å². The number of fused-ring (bicyclic) bond motifs is 5. The van der Waals surface area contributed by atoms with Crippen LogP contribution in [0.4, 0.5) is 0 Å².